The van der Waals surface area contributed by atoms with Crippen molar-refractivity contribution in [1.82, 2.24) is 15.1 Å². The molecule has 0 bridgehead atoms. The van der Waals surface area contributed by atoms with E-state index < -0.39 is 0 Å². The number of hydrogen-bond donors (Lipinski definition) is 1. The smallest absolute Gasteiger partial charge is 0.222 e. The third-order valence-electron chi connectivity index (χ3n) is 4.35. The Kier molecular flexibility index (Phi) is 6.27. The summed E-state index contributed by atoms with van der Waals surface area (Å²) in [5, 5.41) is 3.35. The van der Waals surface area contributed by atoms with Gasteiger partial charge in [-0.2, -0.15) is 0 Å². The molecule has 0 aromatic carbocycles. The molecule has 1 rings (SSSR count). The van der Waals surface area contributed by atoms with Crippen molar-refractivity contribution in [2.45, 2.75) is 34.1 Å². The number of nitrogens with one attached hydrogen (secondary N) is 1. The summed E-state index contributed by atoms with van der Waals surface area (Å²) in [6.45, 7) is 14.9. The van der Waals surface area contributed by atoms with Gasteiger partial charge in [-0.3, -0.25) is 9.69 Å². The predicted octanol–water partition coefficient (Wildman–Crippen LogP) is 1.42. The highest BCUT2D eigenvalue weighted by atomic mass is 16.2. The van der Waals surface area contributed by atoms with Gasteiger partial charge in [0.2, 0.25) is 5.91 Å². The molecule has 1 saturated heterocycles. The summed E-state index contributed by atoms with van der Waals surface area (Å²) in [7, 11) is 1.93. The zero-order valence-electron chi connectivity index (χ0n) is 13.3. The minimum atomic E-state index is 0.203. The number of likely N-dealkylation sites (N-methyl/N-ethyl adjacent to an activating group) is 1. The van der Waals surface area contributed by atoms with E-state index in [0.717, 1.165) is 39.3 Å². The fourth-order valence-electron chi connectivity index (χ4n) is 2.07. The van der Waals surface area contributed by atoms with Gasteiger partial charge in [0.05, 0.1) is 0 Å². The van der Waals surface area contributed by atoms with Gasteiger partial charge in [0.1, 0.15) is 0 Å². The quantitative estimate of drug-likeness (QED) is 0.820. The molecule has 0 aromatic heterocycles. The van der Waals surface area contributed by atoms with Crippen LogP contribution < -0.4 is 5.32 Å². The van der Waals surface area contributed by atoms with E-state index in [4.69, 9.17) is 0 Å². The molecule has 1 atom stereocenters. The molecule has 1 unspecified atom stereocenters. The van der Waals surface area contributed by atoms with Crippen LogP contribution >= 0.6 is 0 Å². The first-order valence-electron chi connectivity index (χ1n) is 7.47. The first-order valence-corrected chi connectivity index (χ1v) is 7.47. The highest BCUT2D eigenvalue weighted by Gasteiger charge is 2.24. The predicted molar refractivity (Wildman–Crippen MR) is 80.2 cm³/mol. The maximum Gasteiger partial charge on any atom is 0.222 e. The fourth-order valence-corrected chi connectivity index (χ4v) is 2.07. The van der Waals surface area contributed by atoms with Crippen molar-refractivity contribution in [2.75, 3.05) is 46.3 Å². The monoisotopic (exact) mass is 269 g/mol. The standard InChI is InChI=1S/C15H31N3O/c1-13(15(2,3)4)12-14(19)17(5)10-11-18-8-6-16-7-9-18/h13,16H,6-12H2,1-5H3. The fraction of sp³-hybridized carbons (Fsp3) is 0.933. The van der Waals surface area contributed by atoms with Crippen LogP contribution in [0.5, 0.6) is 0 Å². The summed E-state index contributed by atoms with van der Waals surface area (Å²) in [5.74, 6) is 0.694. The van der Waals surface area contributed by atoms with E-state index in [1.807, 2.05) is 11.9 Å². The van der Waals surface area contributed by atoms with Crippen LogP contribution in [0.1, 0.15) is 34.1 Å². The van der Waals surface area contributed by atoms with Crippen molar-refractivity contribution >= 4 is 5.91 Å². The molecule has 4 nitrogen and oxygen atoms in total. The van der Waals surface area contributed by atoms with E-state index in [9.17, 15) is 4.79 Å². The lowest BCUT2D eigenvalue weighted by Gasteiger charge is -2.31. The van der Waals surface area contributed by atoms with Crippen LogP contribution in [0.15, 0.2) is 0 Å². The van der Waals surface area contributed by atoms with Gasteiger partial charge in [-0.15, -0.1) is 0 Å². The maximum atomic E-state index is 12.2. The Morgan fingerprint density at radius 1 is 1.32 bits per heavy atom. The Morgan fingerprint density at radius 2 is 1.89 bits per heavy atom. The van der Waals surface area contributed by atoms with E-state index in [0.29, 0.717) is 12.3 Å². The van der Waals surface area contributed by atoms with Crippen LogP contribution in [-0.2, 0) is 4.79 Å². The number of nitrogens with zero attached hydrogens (tertiary/aromatic N) is 2. The Bertz CT molecular complexity index is 280. The van der Waals surface area contributed by atoms with Crippen molar-refractivity contribution in [2.24, 2.45) is 11.3 Å². The van der Waals surface area contributed by atoms with Gasteiger partial charge in [-0.25, -0.2) is 0 Å². The van der Waals surface area contributed by atoms with Crippen LogP contribution in [-0.4, -0.2) is 62.0 Å². The van der Waals surface area contributed by atoms with E-state index in [2.05, 4.69) is 37.9 Å². The number of carbonyl (C=O) groups is 1. The highest BCUT2D eigenvalue weighted by molar-refractivity contribution is 5.76. The summed E-state index contributed by atoms with van der Waals surface area (Å²) in [4.78, 5) is 16.5. The molecular weight excluding hydrogens is 238 g/mol. The average Bonchev–Trinajstić information content (AvgIpc) is 2.35. The van der Waals surface area contributed by atoms with Crippen molar-refractivity contribution in [3.8, 4) is 0 Å². The SMILES string of the molecule is CC(CC(=O)N(C)CCN1CCNCC1)C(C)(C)C. The van der Waals surface area contributed by atoms with Gasteiger partial charge in [0.15, 0.2) is 0 Å². The molecule has 112 valence electrons. The zero-order valence-corrected chi connectivity index (χ0v) is 13.3. The second-order valence-corrected chi connectivity index (χ2v) is 6.88. The van der Waals surface area contributed by atoms with E-state index in [-0.39, 0.29) is 11.3 Å². The molecule has 19 heavy (non-hydrogen) atoms. The Hall–Kier alpha value is -0.610. The highest BCUT2D eigenvalue weighted by Crippen LogP contribution is 2.28. The van der Waals surface area contributed by atoms with Crippen molar-refractivity contribution in [3.63, 3.8) is 0 Å². The lowest BCUT2D eigenvalue weighted by molar-refractivity contribution is -0.131. The van der Waals surface area contributed by atoms with Crippen LogP contribution in [0, 0.1) is 11.3 Å². The van der Waals surface area contributed by atoms with E-state index in [1.165, 1.54) is 0 Å². The molecular formula is C15H31N3O. The summed E-state index contributed by atoms with van der Waals surface area (Å²) in [6, 6.07) is 0. The molecule has 1 heterocycles. The van der Waals surface area contributed by atoms with Crippen molar-refractivity contribution in [1.29, 1.82) is 0 Å². The molecule has 4 heteroatoms. The molecule has 0 spiro atoms. The largest absolute Gasteiger partial charge is 0.344 e. The molecule has 1 fully saturated rings. The van der Waals surface area contributed by atoms with Crippen molar-refractivity contribution < 1.29 is 4.79 Å². The maximum absolute atomic E-state index is 12.2. The topological polar surface area (TPSA) is 35.6 Å². The van der Waals surface area contributed by atoms with E-state index >= 15 is 0 Å². The van der Waals surface area contributed by atoms with Gasteiger partial charge < -0.3 is 10.2 Å². The molecule has 1 aliphatic heterocycles. The molecule has 1 N–H and O–H groups in total. The lowest BCUT2D eigenvalue weighted by atomic mass is 9.80. The first-order chi connectivity index (χ1) is 8.80. The number of rotatable bonds is 5. The Balaban J connectivity index is 2.28. The van der Waals surface area contributed by atoms with Gasteiger partial charge in [0.25, 0.3) is 0 Å². The minimum absolute atomic E-state index is 0.203. The average molecular weight is 269 g/mol. The van der Waals surface area contributed by atoms with Crippen LogP contribution in [0.25, 0.3) is 0 Å². The second-order valence-electron chi connectivity index (χ2n) is 6.88. The van der Waals surface area contributed by atoms with E-state index in [1.54, 1.807) is 0 Å². The number of piperazine rings is 1. The van der Waals surface area contributed by atoms with Crippen LogP contribution in [0.2, 0.25) is 0 Å². The third-order valence-corrected chi connectivity index (χ3v) is 4.35. The van der Waals surface area contributed by atoms with Gasteiger partial charge in [0, 0.05) is 52.7 Å². The second kappa shape index (κ2) is 7.25. The minimum Gasteiger partial charge on any atom is -0.344 e. The lowest BCUT2D eigenvalue weighted by Crippen LogP contribution is -2.46. The normalized spacial score (nSPS) is 19.2. The van der Waals surface area contributed by atoms with Gasteiger partial charge in [-0.05, 0) is 11.3 Å². The summed E-state index contributed by atoms with van der Waals surface area (Å²) >= 11 is 0. The van der Waals surface area contributed by atoms with Gasteiger partial charge >= 0.3 is 0 Å². The number of carbonyl (C=O) groups excluding carboxylic acids is 1. The molecule has 0 aliphatic carbocycles. The third kappa shape index (κ3) is 5.91. The Morgan fingerprint density at radius 3 is 2.42 bits per heavy atom. The van der Waals surface area contributed by atoms with Gasteiger partial charge in [-0.1, -0.05) is 27.7 Å². The molecule has 0 radical (unpaired) electrons. The summed E-state index contributed by atoms with van der Waals surface area (Å²) < 4.78 is 0. The summed E-state index contributed by atoms with van der Waals surface area (Å²) in [5.41, 5.74) is 0.203. The van der Waals surface area contributed by atoms with Crippen molar-refractivity contribution in [3.05, 3.63) is 0 Å². The Labute approximate surface area is 118 Å². The zero-order chi connectivity index (χ0) is 14.5. The number of amides is 1. The molecule has 1 amide bonds. The van der Waals surface area contributed by atoms with Crippen LogP contribution in [0.3, 0.4) is 0 Å². The molecule has 0 aromatic rings. The first kappa shape index (κ1) is 16.4. The number of hydrogen-bond acceptors (Lipinski definition) is 3. The summed E-state index contributed by atoms with van der Waals surface area (Å²) in [6.07, 6.45) is 0.654. The molecule has 0 saturated carbocycles. The van der Waals surface area contributed by atoms with Crippen LogP contribution in [0.4, 0.5) is 0 Å². The molecule has 1 aliphatic rings.